The standard InChI is InChI=1S/C12H19NO3S/c1-3-11(13)10-6-4-5-7-12(10)16-8-9-17(2,14)15/h4-7,11H,3,8-9,13H2,1-2H3/t11-/m1/s1. The van der Waals surface area contributed by atoms with E-state index >= 15 is 0 Å². The van der Waals surface area contributed by atoms with Crippen molar-refractivity contribution >= 4 is 9.84 Å². The van der Waals surface area contributed by atoms with Gasteiger partial charge >= 0.3 is 0 Å². The lowest BCUT2D eigenvalue weighted by molar-refractivity contribution is 0.334. The van der Waals surface area contributed by atoms with Crippen molar-refractivity contribution in [3.8, 4) is 5.75 Å². The third-order valence-electron chi connectivity index (χ3n) is 2.47. The zero-order valence-corrected chi connectivity index (χ0v) is 11.0. The Labute approximate surface area is 103 Å². The van der Waals surface area contributed by atoms with Crippen LogP contribution in [0.25, 0.3) is 0 Å². The van der Waals surface area contributed by atoms with Crippen LogP contribution in [0.1, 0.15) is 24.9 Å². The second kappa shape index (κ2) is 6.02. The summed E-state index contributed by atoms with van der Waals surface area (Å²) >= 11 is 0. The molecule has 0 heterocycles. The van der Waals surface area contributed by atoms with Gasteiger partial charge in [0.2, 0.25) is 0 Å². The maximum atomic E-state index is 11.0. The highest BCUT2D eigenvalue weighted by molar-refractivity contribution is 7.90. The lowest BCUT2D eigenvalue weighted by atomic mass is 10.0. The Morgan fingerprint density at radius 1 is 1.35 bits per heavy atom. The molecule has 0 unspecified atom stereocenters. The van der Waals surface area contributed by atoms with Crippen molar-refractivity contribution < 1.29 is 13.2 Å². The summed E-state index contributed by atoms with van der Waals surface area (Å²) in [5.41, 5.74) is 6.87. The minimum Gasteiger partial charge on any atom is -0.492 e. The maximum absolute atomic E-state index is 11.0. The first kappa shape index (κ1) is 14.0. The van der Waals surface area contributed by atoms with E-state index in [1.807, 2.05) is 31.2 Å². The summed E-state index contributed by atoms with van der Waals surface area (Å²) in [7, 11) is -2.99. The van der Waals surface area contributed by atoms with Crippen LogP contribution in [0.15, 0.2) is 24.3 Å². The number of nitrogens with two attached hydrogens (primary N) is 1. The van der Waals surface area contributed by atoms with E-state index in [4.69, 9.17) is 10.5 Å². The van der Waals surface area contributed by atoms with Gasteiger partial charge in [0.25, 0.3) is 0 Å². The number of hydrogen-bond acceptors (Lipinski definition) is 4. The van der Waals surface area contributed by atoms with Crippen LogP contribution >= 0.6 is 0 Å². The third kappa shape index (κ3) is 4.75. The Kier molecular flexibility index (Phi) is 4.96. The molecule has 17 heavy (non-hydrogen) atoms. The predicted octanol–water partition coefficient (Wildman–Crippen LogP) is 1.52. The van der Waals surface area contributed by atoms with Crippen LogP contribution in [0.3, 0.4) is 0 Å². The van der Waals surface area contributed by atoms with E-state index in [0.717, 1.165) is 12.0 Å². The summed E-state index contributed by atoms with van der Waals surface area (Å²) < 4.78 is 27.5. The number of sulfone groups is 1. The topological polar surface area (TPSA) is 69.4 Å². The fraction of sp³-hybridized carbons (Fsp3) is 0.500. The van der Waals surface area contributed by atoms with Crippen molar-refractivity contribution in [2.75, 3.05) is 18.6 Å². The lowest BCUT2D eigenvalue weighted by Crippen LogP contribution is -2.15. The summed E-state index contributed by atoms with van der Waals surface area (Å²) in [5.74, 6) is 0.688. The second-order valence-electron chi connectivity index (χ2n) is 4.03. The summed E-state index contributed by atoms with van der Waals surface area (Å²) in [5, 5.41) is 0. The molecule has 0 radical (unpaired) electrons. The van der Waals surface area contributed by atoms with Crippen LogP contribution in [0.2, 0.25) is 0 Å². The number of ether oxygens (including phenoxy) is 1. The molecule has 1 atom stereocenters. The van der Waals surface area contributed by atoms with Gasteiger partial charge in [0.15, 0.2) is 9.84 Å². The lowest BCUT2D eigenvalue weighted by Gasteiger charge is -2.15. The molecule has 0 saturated carbocycles. The second-order valence-corrected chi connectivity index (χ2v) is 6.29. The fourth-order valence-corrected chi connectivity index (χ4v) is 1.83. The van der Waals surface area contributed by atoms with E-state index in [-0.39, 0.29) is 18.4 Å². The molecule has 1 aromatic carbocycles. The molecule has 2 N–H and O–H groups in total. The summed E-state index contributed by atoms with van der Waals surface area (Å²) in [6.07, 6.45) is 2.01. The molecule has 1 rings (SSSR count). The van der Waals surface area contributed by atoms with E-state index in [1.165, 1.54) is 6.26 Å². The van der Waals surface area contributed by atoms with Gasteiger partial charge in [-0.05, 0) is 12.5 Å². The van der Waals surface area contributed by atoms with E-state index < -0.39 is 9.84 Å². The molecule has 0 aromatic heterocycles. The normalized spacial score (nSPS) is 13.4. The van der Waals surface area contributed by atoms with Gasteiger partial charge in [-0.2, -0.15) is 0 Å². The van der Waals surface area contributed by atoms with Crippen LogP contribution < -0.4 is 10.5 Å². The average molecular weight is 257 g/mol. The van der Waals surface area contributed by atoms with Gasteiger partial charge in [-0.25, -0.2) is 8.42 Å². The van der Waals surface area contributed by atoms with Crippen LogP contribution in [0.5, 0.6) is 5.75 Å². The van der Waals surface area contributed by atoms with Crippen molar-refractivity contribution in [2.45, 2.75) is 19.4 Å². The van der Waals surface area contributed by atoms with Crippen molar-refractivity contribution in [3.63, 3.8) is 0 Å². The molecule has 0 fully saturated rings. The number of para-hydroxylation sites is 1. The van der Waals surface area contributed by atoms with Gasteiger partial charge < -0.3 is 10.5 Å². The monoisotopic (exact) mass is 257 g/mol. The first-order valence-corrected chi connectivity index (χ1v) is 7.65. The van der Waals surface area contributed by atoms with E-state index in [1.54, 1.807) is 0 Å². The van der Waals surface area contributed by atoms with Crippen LogP contribution in [0, 0.1) is 0 Å². The minimum absolute atomic E-state index is 0.0166. The van der Waals surface area contributed by atoms with Gasteiger partial charge in [-0.15, -0.1) is 0 Å². The molecule has 0 aliphatic carbocycles. The van der Waals surface area contributed by atoms with Gasteiger partial charge in [0, 0.05) is 17.9 Å². The molecule has 0 spiro atoms. The molecule has 96 valence electrons. The molecule has 0 saturated heterocycles. The Bertz CT molecular complexity index is 457. The Balaban J connectivity index is 2.70. The third-order valence-corrected chi connectivity index (χ3v) is 3.38. The average Bonchev–Trinajstić information content (AvgIpc) is 2.27. The van der Waals surface area contributed by atoms with Crippen molar-refractivity contribution in [1.82, 2.24) is 0 Å². The Morgan fingerprint density at radius 2 is 2.00 bits per heavy atom. The van der Waals surface area contributed by atoms with Crippen LogP contribution in [-0.4, -0.2) is 27.0 Å². The summed E-state index contributed by atoms with van der Waals surface area (Å²) in [6, 6.07) is 7.39. The molecule has 0 bridgehead atoms. The minimum atomic E-state index is -2.99. The predicted molar refractivity (Wildman–Crippen MR) is 68.9 cm³/mol. The van der Waals surface area contributed by atoms with Crippen LogP contribution in [-0.2, 0) is 9.84 Å². The molecule has 1 aromatic rings. The van der Waals surface area contributed by atoms with Crippen molar-refractivity contribution in [2.24, 2.45) is 5.73 Å². The number of benzene rings is 1. The molecular formula is C12H19NO3S. The molecule has 4 nitrogen and oxygen atoms in total. The van der Waals surface area contributed by atoms with Gasteiger partial charge in [0.1, 0.15) is 12.4 Å². The molecule has 0 aliphatic heterocycles. The molecular weight excluding hydrogens is 238 g/mol. The van der Waals surface area contributed by atoms with Gasteiger partial charge in [-0.3, -0.25) is 0 Å². The number of hydrogen-bond donors (Lipinski definition) is 1. The molecule has 0 amide bonds. The first-order chi connectivity index (χ1) is 7.94. The Morgan fingerprint density at radius 3 is 2.59 bits per heavy atom. The van der Waals surface area contributed by atoms with Crippen molar-refractivity contribution in [3.05, 3.63) is 29.8 Å². The highest BCUT2D eigenvalue weighted by atomic mass is 32.2. The first-order valence-electron chi connectivity index (χ1n) is 5.59. The quantitative estimate of drug-likeness (QED) is 0.839. The zero-order chi connectivity index (χ0) is 12.9. The summed E-state index contributed by atoms with van der Waals surface area (Å²) in [4.78, 5) is 0. The largest absolute Gasteiger partial charge is 0.492 e. The highest BCUT2D eigenvalue weighted by Crippen LogP contribution is 2.25. The number of rotatable bonds is 6. The van der Waals surface area contributed by atoms with Gasteiger partial charge in [-0.1, -0.05) is 25.1 Å². The molecule has 5 heteroatoms. The van der Waals surface area contributed by atoms with E-state index in [2.05, 4.69) is 0 Å². The van der Waals surface area contributed by atoms with Crippen molar-refractivity contribution in [1.29, 1.82) is 0 Å². The SMILES string of the molecule is CC[C@@H](N)c1ccccc1OCCS(C)(=O)=O. The molecule has 0 aliphatic rings. The summed E-state index contributed by atoms with van der Waals surface area (Å²) in [6.45, 7) is 2.16. The Hall–Kier alpha value is -1.07. The fourth-order valence-electron chi connectivity index (χ4n) is 1.44. The smallest absolute Gasteiger partial charge is 0.150 e. The van der Waals surface area contributed by atoms with E-state index in [9.17, 15) is 8.42 Å². The highest BCUT2D eigenvalue weighted by Gasteiger charge is 2.10. The maximum Gasteiger partial charge on any atom is 0.150 e. The van der Waals surface area contributed by atoms with Gasteiger partial charge in [0.05, 0.1) is 5.75 Å². The zero-order valence-electron chi connectivity index (χ0n) is 10.2. The van der Waals surface area contributed by atoms with E-state index in [0.29, 0.717) is 5.75 Å². The van der Waals surface area contributed by atoms with Crippen LogP contribution in [0.4, 0.5) is 0 Å².